The molecule has 5 rings (SSSR count). The highest BCUT2D eigenvalue weighted by atomic mass is 32.2. The summed E-state index contributed by atoms with van der Waals surface area (Å²) in [5, 5.41) is 13.7. The molecule has 1 fully saturated rings. The van der Waals surface area contributed by atoms with Gasteiger partial charge < -0.3 is 4.74 Å². The van der Waals surface area contributed by atoms with E-state index in [-0.39, 0.29) is 22.6 Å². The zero-order valence-corrected chi connectivity index (χ0v) is 26.9. The van der Waals surface area contributed by atoms with E-state index in [2.05, 4.69) is 11.6 Å². The maximum atomic E-state index is 14.4. The number of hydrogen-bond donors (Lipinski definition) is 1. The Kier molecular flexibility index (Phi) is 10.3. The number of nitrogens with one attached hydrogen (secondary N) is 1. The summed E-state index contributed by atoms with van der Waals surface area (Å²) in [6.45, 7) is 4.37. The van der Waals surface area contributed by atoms with Crippen LogP contribution in [0.15, 0.2) is 108 Å². The third-order valence-electron chi connectivity index (χ3n) is 7.81. The SMILES string of the molecule is CCCCCOc1ccccc1[C@H]1N(C(=O)c2ccc([N+](=O)[O-])cc2)N1C(=O)[C@@H](Cc1ccccc1)NS(=O)(=O)c1ccc(C)cc1. The van der Waals surface area contributed by atoms with E-state index in [0.717, 1.165) is 24.8 Å². The van der Waals surface area contributed by atoms with Crippen LogP contribution < -0.4 is 9.46 Å². The van der Waals surface area contributed by atoms with Crippen molar-refractivity contribution < 1.29 is 27.7 Å². The fraction of sp³-hybridized carbons (Fsp3) is 0.257. The Bertz CT molecular complexity index is 1830. The fourth-order valence-electron chi connectivity index (χ4n) is 5.25. The first kappa shape index (κ1) is 33.3. The molecule has 1 aliphatic rings. The largest absolute Gasteiger partial charge is 0.493 e. The molecule has 244 valence electrons. The molecule has 0 unspecified atom stereocenters. The van der Waals surface area contributed by atoms with Gasteiger partial charge in [-0.1, -0.05) is 86.0 Å². The summed E-state index contributed by atoms with van der Waals surface area (Å²) in [7, 11) is -4.15. The molecule has 2 amide bonds. The van der Waals surface area contributed by atoms with E-state index in [1.807, 2.05) is 13.0 Å². The van der Waals surface area contributed by atoms with Gasteiger partial charge in [0.25, 0.3) is 17.5 Å². The lowest BCUT2D eigenvalue weighted by Gasteiger charge is -2.19. The van der Waals surface area contributed by atoms with Gasteiger partial charge in [-0.2, -0.15) is 4.72 Å². The number of unbranched alkanes of at least 4 members (excludes halogenated alkanes) is 2. The van der Waals surface area contributed by atoms with Crippen molar-refractivity contribution in [2.45, 2.75) is 56.6 Å². The molecule has 0 bridgehead atoms. The van der Waals surface area contributed by atoms with Crippen LogP contribution in [-0.2, 0) is 21.2 Å². The van der Waals surface area contributed by atoms with Crippen LogP contribution in [0, 0.1) is 17.0 Å². The topological polar surface area (TPSA) is 139 Å². The molecule has 11 nitrogen and oxygen atoms in total. The van der Waals surface area contributed by atoms with Crippen LogP contribution in [-0.4, -0.2) is 47.8 Å². The van der Waals surface area contributed by atoms with Gasteiger partial charge in [-0.25, -0.2) is 18.4 Å². The highest BCUT2D eigenvalue weighted by Crippen LogP contribution is 2.47. The highest BCUT2D eigenvalue weighted by Gasteiger charge is 2.56. The number of para-hydroxylation sites is 1. The standard InChI is InChI=1S/C35H36N4O7S/c1-3-4-10-23-46-32-14-9-8-13-30(32)33-37(34(40)27-17-19-28(20-18-27)39(42)43)38(33)35(41)31(24-26-11-6-5-7-12-26)36-47(44,45)29-21-15-25(2)16-22-29/h5-9,11-22,31,33,36H,3-4,10,23-24H2,1-2H3/t31-,33+,37?,38?/m1/s1. The quantitative estimate of drug-likeness (QED) is 0.0765. The average molecular weight is 657 g/mol. The summed E-state index contributed by atoms with van der Waals surface area (Å²) in [5.74, 6) is -0.741. The van der Waals surface area contributed by atoms with E-state index in [1.54, 1.807) is 60.7 Å². The van der Waals surface area contributed by atoms with E-state index in [4.69, 9.17) is 4.74 Å². The molecular formula is C35H36N4O7S. The van der Waals surface area contributed by atoms with Gasteiger partial charge in [-0.05, 0) is 55.7 Å². The molecule has 1 heterocycles. The summed E-state index contributed by atoms with van der Waals surface area (Å²) in [6.07, 6.45) is 1.92. The molecule has 1 N–H and O–H groups in total. The van der Waals surface area contributed by atoms with E-state index in [0.29, 0.717) is 23.5 Å². The van der Waals surface area contributed by atoms with Crippen molar-refractivity contribution in [3.8, 4) is 5.75 Å². The number of rotatable bonds is 14. The predicted octanol–water partition coefficient (Wildman–Crippen LogP) is 5.96. The van der Waals surface area contributed by atoms with Gasteiger partial charge in [0.2, 0.25) is 10.0 Å². The lowest BCUT2D eigenvalue weighted by atomic mass is 10.1. The minimum atomic E-state index is -4.15. The van der Waals surface area contributed by atoms with E-state index in [9.17, 15) is 28.1 Å². The Balaban J connectivity index is 1.52. The predicted molar refractivity (Wildman–Crippen MR) is 176 cm³/mol. The van der Waals surface area contributed by atoms with Crippen molar-refractivity contribution in [3.05, 3.63) is 135 Å². The van der Waals surface area contributed by atoms with Crippen molar-refractivity contribution in [2.75, 3.05) is 6.61 Å². The molecule has 1 saturated heterocycles. The third kappa shape index (κ3) is 7.84. The average Bonchev–Trinajstić information content (AvgIpc) is 3.82. The minimum absolute atomic E-state index is 0.000876. The molecule has 0 aromatic heterocycles. The van der Waals surface area contributed by atoms with Crippen LogP contribution >= 0.6 is 0 Å². The second-order valence-electron chi connectivity index (χ2n) is 11.3. The Labute approximate surface area is 274 Å². The number of carbonyl (C=O) groups excluding carboxylic acids is 2. The van der Waals surface area contributed by atoms with Gasteiger partial charge >= 0.3 is 0 Å². The summed E-state index contributed by atoms with van der Waals surface area (Å²) in [6, 6.07) is 26.2. The molecule has 4 aromatic carbocycles. The van der Waals surface area contributed by atoms with Gasteiger partial charge in [0.1, 0.15) is 11.8 Å². The van der Waals surface area contributed by atoms with Crippen molar-refractivity contribution in [3.63, 3.8) is 0 Å². The first-order valence-corrected chi connectivity index (χ1v) is 16.8. The number of nitrogens with zero attached hydrogens (tertiary/aromatic N) is 3. The number of sulfonamides is 1. The maximum Gasteiger partial charge on any atom is 0.274 e. The van der Waals surface area contributed by atoms with E-state index >= 15 is 0 Å². The summed E-state index contributed by atoms with van der Waals surface area (Å²) in [5.41, 5.74) is 2.08. The first-order chi connectivity index (χ1) is 22.6. The molecule has 4 aromatic rings. The molecule has 0 saturated carbocycles. The van der Waals surface area contributed by atoms with Gasteiger partial charge in [-0.3, -0.25) is 19.7 Å². The van der Waals surface area contributed by atoms with Gasteiger partial charge in [0, 0.05) is 23.3 Å². The molecule has 0 spiro atoms. The third-order valence-corrected chi connectivity index (χ3v) is 9.30. The van der Waals surface area contributed by atoms with Crippen molar-refractivity contribution >= 4 is 27.5 Å². The molecule has 47 heavy (non-hydrogen) atoms. The molecule has 1 aliphatic heterocycles. The Morgan fingerprint density at radius 3 is 2.21 bits per heavy atom. The fourth-order valence-corrected chi connectivity index (χ4v) is 6.44. The highest BCUT2D eigenvalue weighted by molar-refractivity contribution is 7.89. The van der Waals surface area contributed by atoms with Crippen molar-refractivity contribution in [2.24, 2.45) is 0 Å². The van der Waals surface area contributed by atoms with E-state index in [1.165, 1.54) is 46.4 Å². The number of nitro groups is 1. The number of hydrogen-bond acceptors (Lipinski definition) is 7. The summed E-state index contributed by atoms with van der Waals surface area (Å²) >= 11 is 0. The lowest BCUT2D eigenvalue weighted by molar-refractivity contribution is -0.384. The Morgan fingerprint density at radius 1 is 0.894 bits per heavy atom. The van der Waals surface area contributed by atoms with Gasteiger partial charge in [-0.15, -0.1) is 0 Å². The minimum Gasteiger partial charge on any atom is -0.493 e. The zero-order chi connectivity index (χ0) is 33.6. The molecular weight excluding hydrogens is 620 g/mol. The Hall–Kier alpha value is -5.07. The number of aryl methyl sites for hydroxylation is 1. The maximum absolute atomic E-state index is 14.4. The smallest absolute Gasteiger partial charge is 0.274 e. The monoisotopic (exact) mass is 656 g/mol. The molecule has 0 aliphatic carbocycles. The molecule has 12 heteroatoms. The normalized spacial score (nSPS) is 14.8. The number of amides is 2. The van der Waals surface area contributed by atoms with Gasteiger partial charge in [0.15, 0.2) is 6.17 Å². The number of ether oxygens (including phenoxy) is 1. The number of benzene rings is 4. The van der Waals surface area contributed by atoms with Gasteiger partial charge in [0.05, 0.1) is 16.4 Å². The number of hydrazine groups is 1. The number of nitro benzene ring substituents is 1. The van der Waals surface area contributed by atoms with Crippen LogP contribution in [0.5, 0.6) is 5.75 Å². The lowest BCUT2D eigenvalue weighted by Crippen LogP contribution is -2.46. The van der Waals surface area contributed by atoms with Crippen LogP contribution in [0.25, 0.3) is 0 Å². The summed E-state index contributed by atoms with van der Waals surface area (Å²) < 4.78 is 35.8. The number of non-ortho nitro benzene ring substituents is 1. The second kappa shape index (κ2) is 14.6. The van der Waals surface area contributed by atoms with Crippen molar-refractivity contribution in [1.82, 2.24) is 14.7 Å². The second-order valence-corrected chi connectivity index (χ2v) is 13.0. The van der Waals surface area contributed by atoms with Crippen LogP contribution in [0.2, 0.25) is 0 Å². The van der Waals surface area contributed by atoms with Crippen LogP contribution in [0.3, 0.4) is 0 Å². The first-order valence-electron chi connectivity index (χ1n) is 15.4. The van der Waals surface area contributed by atoms with E-state index < -0.39 is 39.0 Å². The zero-order valence-electron chi connectivity index (χ0n) is 26.1. The molecule has 0 radical (unpaired) electrons. The summed E-state index contributed by atoms with van der Waals surface area (Å²) in [4.78, 5) is 39.0. The molecule has 2 atom stereocenters. The van der Waals surface area contributed by atoms with Crippen LogP contribution in [0.4, 0.5) is 5.69 Å². The number of carbonyl (C=O) groups is 2. The van der Waals surface area contributed by atoms with Crippen LogP contribution in [0.1, 0.15) is 59.4 Å². The Morgan fingerprint density at radius 2 is 1.55 bits per heavy atom. The van der Waals surface area contributed by atoms with Crippen molar-refractivity contribution in [1.29, 1.82) is 0 Å².